The Bertz CT molecular complexity index is 383. The summed E-state index contributed by atoms with van der Waals surface area (Å²) < 4.78 is 4.69. The van der Waals surface area contributed by atoms with Crippen molar-refractivity contribution in [1.82, 2.24) is 0 Å². The lowest BCUT2D eigenvalue weighted by Gasteiger charge is -2.24. The second-order valence-corrected chi connectivity index (χ2v) is 4.01. The van der Waals surface area contributed by atoms with Gasteiger partial charge in [-0.25, -0.2) is 4.79 Å². The number of hydrogen-bond donors (Lipinski definition) is 1. The van der Waals surface area contributed by atoms with E-state index in [1.54, 1.807) is 6.92 Å². The Morgan fingerprint density at radius 2 is 2.00 bits per heavy atom. The molecule has 0 radical (unpaired) electrons. The van der Waals surface area contributed by atoms with E-state index < -0.39 is 11.5 Å². The Balaban J connectivity index is 3.21. The summed E-state index contributed by atoms with van der Waals surface area (Å²) in [7, 11) is 1.34. The average molecular weight is 207 g/mol. The molecule has 0 bridgehead atoms. The second-order valence-electron chi connectivity index (χ2n) is 4.01. The van der Waals surface area contributed by atoms with E-state index in [4.69, 9.17) is 10.5 Å². The largest absolute Gasteiger partial charge is 0.467 e. The molecule has 0 fully saturated rings. The van der Waals surface area contributed by atoms with Gasteiger partial charge >= 0.3 is 5.97 Å². The highest BCUT2D eigenvalue weighted by Gasteiger charge is 2.32. The molecule has 3 heteroatoms. The maximum absolute atomic E-state index is 11.5. The molecular weight excluding hydrogens is 190 g/mol. The van der Waals surface area contributed by atoms with Crippen LogP contribution in [0.3, 0.4) is 0 Å². The molecule has 0 spiro atoms. The molecule has 0 saturated heterocycles. The number of esters is 1. The van der Waals surface area contributed by atoms with Crippen molar-refractivity contribution in [3.05, 3.63) is 34.9 Å². The highest BCUT2D eigenvalue weighted by atomic mass is 16.5. The van der Waals surface area contributed by atoms with Gasteiger partial charge in [0.15, 0.2) is 0 Å². The molecule has 82 valence electrons. The number of ether oxygens (including phenoxy) is 1. The maximum atomic E-state index is 11.5. The Kier molecular flexibility index (Phi) is 3.15. The Morgan fingerprint density at radius 1 is 1.40 bits per heavy atom. The van der Waals surface area contributed by atoms with Crippen molar-refractivity contribution in [3.63, 3.8) is 0 Å². The molecule has 0 aliphatic carbocycles. The van der Waals surface area contributed by atoms with Gasteiger partial charge < -0.3 is 10.5 Å². The summed E-state index contributed by atoms with van der Waals surface area (Å²) in [5.41, 5.74) is 7.85. The number of hydrogen-bond acceptors (Lipinski definition) is 3. The monoisotopic (exact) mass is 207 g/mol. The molecule has 1 aromatic rings. The molecule has 0 amide bonds. The van der Waals surface area contributed by atoms with Gasteiger partial charge in [0.1, 0.15) is 5.54 Å². The lowest BCUT2D eigenvalue weighted by molar-refractivity contribution is -0.146. The molecule has 1 atom stereocenters. The second kappa shape index (κ2) is 4.03. The van der Waals surface area contributed by atoms with Crippen LogP contribution in [0.1, 0.15) is 23.6 Å². The molecule has 1 rings (SSSR count). The molecule has 15 heavy (non-hydrogen) atoms. The zero-order valence-electron chi connectivity index (χ0n) is 9.63. The van der Waals surface area contributed by atoms with E-state index in [9.17, 15) is 4.79 Å². The van der Waals surface area contributed by atoms with Gasteiger partial charge in [0.25, 0.3) is 0 Å². The highest BCUT2D eigenvalue weighted by Crippen LogP contribution is 2.23. The number of aryl methyl sites for hydroxylation is 2. The lowest BCUT2D eigenvalue weighted by atomic mass is 9.89. The van der Waals surface area contributed by atoms with E-state index in [1.165, 1.54) is 7.11 Å². The summed E-state index contributed by atoms with van der Waals surface area (Å²) >= 11 is 0. The van der Waals surface area contributed by atoms with E-state index in [0.717, 1.165) is 16.7 Å². The van der Waals surface area contributed by atoms with Gasteiger partial charge in [-0.05, 0) is 31.9 Å². The third-order valence-electron chi connectivity index (χ3n) is 2.55. The highest BCUT2D eigenvalue weighted by molar-refractivity contribution is 5.82. The van der Waals surface area contributed by atoms with Crippen molar-refractivity contribution in [1.29, 1.82) is 0 Å². The first-order valence-electron chi connectivity index (χ1n) is 4.84. The molecule has 0 aliphatic heterocycles. The van der Waals surface area contributed by atoms with E-state index in [2.05, 4.69) is 0 Å². The summed E-state index contributed by atoms with van der Waals surface area (Å²) in [4.78, 5) is 11.5. The van der Waals surface area contributed by atoms with Gasteiger partial charge in [-0.1, -0.05) is 23.8 Å². The summed E-state index contributed by atoms with van der Waals surface area (Å²) in [5, 5.41) is 0. The first-order chi connectivity index (χ1) is 6.89. The summed E-state index contributed by atoms with van der Waals surface area (Å²) in [6.07, 6.45) is 0. The number of benzene rings is 1. The molecule has 2 N–H and O–H groups in total. The van der Waals surface area contributed by atoms with Crippen molar-refractivity contribution in [2.24, 2.45) is 5.73 Å². The van der Waals surface area contributed by atoms with Gasteiger partial charge in [0.05, 0.1) is 7.11 Å². The van der Waals surface area contributed by atoms with E-state index >= 15 is 0 Å². The van der Waals surface area contributed by atoms with Crippen LogP contribution in [-0.4, -0.2) is 13.1 Å². The number of carbonyl (C=O) groups is 1. The van der Waals surface area contributed by atoms with Gasteiger partial charge in [-0.15, -0.1) is 0 Å². The van der Waals surface area contributed by atoms with Crippen molar-refractivity contribution >= 4 is 5.97 Å². The number of carbonyl (C=O) groups excluding carboxylic acids is 1. The standard InChI is InChI=1S/C12H17NO2/c1-8-5-6-10(9(2)7-8)12(3,13)11(14)15-4/h5-7H,13H2,1-4H3. The Labute approximate surface area is 90.2 Å². The van der Waals surface area contributed by atoms with Crippen molar-refractivity contribution in [2.45, 2.75) is 26.3 Å². The van der Waals surface area contributed by atoms with Crippen LogP contribution in [0.15, 0.2) is 18.2 Å². The third kappa shape index (κ3) is 2.18. The molecule has 1 unspecified atom stereocenters. The lowest BCUT2D eigenvalue weighted by Crippen LogP contribution is -2.43. The SMILES string of the molecule is COC(=O)C(C)(N)c1ccc(C)cc1C. The van der Waals surface area contributed by atoms with Gasteiger partial charge in [0.2, 0.25) is 0 Å². The minimum atomic E-state index is -1.08. The Morgan fingerprint density at radius 3 is 2.47 bits per heavy atom. The van der Waals surface area contributed by atoms with Crippen molar-refractivity contribution in [2.75, 3.05) is 7.11 Å². The van der Waals surface area contributed by atoms with Crippen LogP contribution < -0.4 is 5.73 Å². The smallest absolute Gasteiger partial charge is 0.330 e. The molecule has 0 aliphatic rings. The van der Waals surface area contributed by atoms with E-state index in [-0.39, 0.29) is 0 Å². The molecule has 0 aromatic heterocycles. The maximum Gasteiger partial charge on any atom is 0.330 e. The fourth-order valence-electron chi connectivity index (χ4n) is 1.72. The topological polar surface area (TPSA) is 52.3 Å². The van der Waals surface area contributed by atoms with Crippen molar-refractivity contribution < 1.29 is 9.53 Å². The van der Waals surface area contributed by atoms with Crippen LogP contribution in [-0.2, 0) is 15.1 Å². The van der Waals surface area contributed by atoms with Crippen molar-refractivity contribution in [3.8, 4) is 0 Å². The minimum Gasteiger partial charge on any atom is -0.467 e. The molecule has 0 heterocycles. The number of rotatable bonds is 2. The number of methoxy groups -OCH3 is 1. The predicted octanol–water partition coefficient (Wildman–Crippen LogP) is 1.65. The molecule has 0 saturated carbocycles. The number of nitrogens with two attached hydrogens (primary N) is 1. The normalized spacial score (nSPS) is 14.5. The quantitative estimate of drug-likeness (QED) is 0.750. The third-order valence-corrected chi connectivity index (χ3v) is 2.55. The molecular formula is C12H17NO2. The van der Waals surface area contributed by atoms with Gasteiger partial charge in [-0.2, -0.15) is 0 Å². The summed E-state index contributed by atoms with van der Waals surface area (Å²) in [6.45, 7) is 5.61. The van der Waals surface area contributed by atoms with Crippen LogP contribution in [0.25, 0.3) is 0 Å². The first-order valence-corrected chi connectivity index (χ1v) is 4.84. The van der Waals surface area contributed by atoms with Crippen LogP contribution in [0, 0.1) is 13.8 Å². The summed E-state index contributed by atoms with van der Waals surface area (Å²) in [6, 6.07) is 5.82. The van der Waals surface area contributed by atoms with Crippen LogP contribution in [0.4, 0.5) is 0 Å². The van der Waals surface area contributed by atoms with Crippen LogP contribution >= 0.6 is 0 Å². The summed E-state index contributed by atoms with van der Waals surface area (Å²) in [5.74, 6) is -0.422. The molecule has 1 aromatic carbocycles. The van der Waals surface area contributed by atoms with E-state index in [1.807, 2.05) is 32.0 Å². The molecule has 3 nitrogen and oxygen atoms in total. The zero-order chi connectivity index (χ0) is 11.6. The zero-order valence-corrected chi connectivity index (χ0v) is 9.63. The Hall–Kier alpha value is -1.35. The average Bonchev–Trinajstić information content (AvgIpc) is 2.15. The van der Waals surface area contributed by atoms with Crippen LogP contribution in [0.5, 0.6) is 0 Å². The van der Waals surface area contributed by atoms with E-state index in [0.29, 0.717) is 0 Å². The fraction of sp³-hybridized carbons (Fsp3) is 0.417. The fourth-order valence-corrected chi connectivity index (χ4v) is 1.72. The van der Waals surface area contributed by atoms with Gasteiger partial charge in [0, 0.05) is 0 Å². The predicted molar refractivity (Wildman–Crippen MR) is 59.5 cm³/mol. The minimum absolute atomic E-state index is 0.422. The van der Waals surface area contributed by atoms with Crippen LogP contribution in [0.2, 0.25) is 0 Å². The first kappa shape index (κ1) is 11.7. The van der Waals surface area contributed by atoms with Gasteiger partial charge in [-0.3, -0.25) is 0 Å².